The summed E-state index contributed by atoms with van der Waals surface area (Å²) in [7, 11) is 0. The van der Waals surface area contributed by atoms with Crippen LogP contribution in [0.4, 0.5) is 0 Å². The Morgan fingerprint density at radius 3 is 2.40 bits per heavy atom. The van der Waals surface area contributed by atoms with E-state index in [1.165, 1.54) is 0 Å². The molecule has 0 saturated carbocycles. The molecule has 0 amide bonds. The Morgan fingerprint density at radius 2 is 2.20 bits per heavy atom. The van der Waals surface area contributed by atoms with E-state index in [1.807, 2.05) is 4.93 Å². The van der Waals surface area contributed by atoms with Crippen LogP contribution < -0.4 is 5.32 Å². The van der Waals surface area contributed by atoms with Gasteiger partial charge in [0.1, 0.15) is 0 Å². The largest absolute Gasteiger partial charge is 0.395 e. The van der Waals surface area contributed by atoms with Gasteiger partial charge in [0.2, 0.25) is 0 Å². The van der Waals surface area contributed by atoms with Gasteiger partial charge in [-0.25, -0.2) is 0 Å². The Bertz CT molecular complexity index is 82.1. The molecule has 3 nitrogen and oxygen atoms in total. The second-order valence-corrected chi connectivity index (χ2v) is 2.10. The summed E-state index contributed by atoms with van der Waals surface area (Å²) >= 11 is 2.15. The van der Waals surface area contributed by atoms with E-state index in [-0.39, 0.29) is 18.8 Å². The van der Waals surface area contributed by atoms with E-state index in [2.05, 4.69) is 27.9 Å². The highest BCUT2D eigenvalue weighted by molar-refractivity contribution is 14.1. The van der Waals surface area contributed by atoms with Gasteiger partial charge >= 0.3 is 0 Å². The second-order valence-electron chi connectivity index (χ2n) is 2.10. The molecule has 4 heteroatoms. The third-order valence-electron chi connectivity index (χ3n) is 1.51. The maximum Gasteiger partial charge on any atom is 0.0727 e. The molecular formula is C6H14INO2. The molecule has 1 aliphatic heterocycles. The van der Waals surface area contributed by atoms with Gasteiger partial charge in [0.25, 0.3) is 0 Å². The predicted molar refractivity (Wildman–Crippen MR) is 49.4 cm³/mol. The fourth-order valence-electron chi connectivity index (χ4n) is 0.940. The lowest BCUT2D eigenvalue weighted by Gasteiger charge is -2.09. The molecule has 2 atom stereocenters. The van der Waals surface area contributed by atoms with Crippen LogP contribution in [0, 0.1) is 0 Å². The van der Waals surface area contributed by atoms with Crippen LogP contribution >= 0.6 is 22.6 Å². The zero-order chi connectivity index (χ0) is 7.98. The van der Waals surface area contributed by atoms with Gasteiger partial charge in [0.15, 0.2) is 0 Å². The van der Waals surface area contributed by atoms with Crippen LogP contribution in [0.25, 0.3) is 0 Å². The molecule has 62 valence electrons. The lowest BCUT2D eigenvalue weighted by molar-refractivity contribution is 0.121. The molecule has 1 aliphatic rings. The zero-order valence-corrected chi connectivity index (χ0v) is 8.21. The molecular weight excluding hydrogens is 245 g/mol. The average Bonchev–Trinajstić information content (AvgIpc) is 2.39. The summed E-state index contributed by atoms with van der Waals surface area (Å²) in [5.41, 5.74) is 0. The Kier molecular flexibility index (Phi) is 6.71. The first kappa shape index (κ1) is 10.6. The van der Waals surface area contributed by atoms with Gasteiger partial charge in [-0.05, 0) is 17.9 Å². The minimum Gasteiger partial charge on any atom is -0.395 e. The summed E-state index contributed by atoms with van der Waals surface area (Å²) < 4.78 is 0. The molecule has 0 aliphatic carbocycles. The van der Waals surface area contributed by atoms with Crippen molar-refractivity contribution in [3.63, 3.8) is 0 Å². The molecule has 0 unspecified atom stereocenters. The molecule has 1 saturated heterocycles. The van der Waals surface area contributed by atoms with Gasteiger partial charge in [-0.1, -0.05) is 22.6 Å². The van der Waals surface area contributed by atoms with E-state index in [4.69, 9.17) is 10.2 Å². The number of hydrogen-bond acceptors (Lipinski definition) is 3. The first-order valence-corrected chi connectivity index (χ1v) is 5.40. The normalized spacial score (nSPS) is 31.2. The van der Waals surface area contributed by atoms with Gasteiger partial charge in [0, 0.05) is 0 Å². The topological polar surface area (TPSA) is 52.5 Å². The Balaban J connectivity index is 0.000000371. The van der Waals surface area contributed by atoms with Gasteiger partial charge in [-0.3, -0.25) is 0 Å². The number of aliphatic hydroxyl groups is 2. The van der Waals surface area contributed by atoms with Crippen LogP contribution in [0.2, 0.25) is 0 Å². The lowest BCUT2D eigenvalue weighted by atomic mass is 10.2. The average molecular weight is 259 g/mol. The molecule has 0 aromatic rings. The van der Waals surface area contributed by atoms with Crippen molar-refractivity contribution in [3.8, 4) is 0 Å². The minimum atomic E-state index is -0.333. The number of halogens is 1. The highest BCUT2D eigenvalue weighted by atomic mass is 127. The second kappa shape index (κ2) is 6.33. The summed E-state index contributed by atoms with van der Waals surface area (Å²) in [5.74, 6) is 0. The van der Waals surface area contributed by atoms with Crippen molar-refractivity contribution in [1.82, 2.24) is 5.32 Å². The first-order chi connectivity index (χ1) is 4.84. The SMILES string of the molecule is CI.OC[C@H]1NCC[C@@H]1O. The summed E-state index contributed by atoms with van der Waals surface area (Å²) in [6, 6.07) is -0.0741. The molecule has 0 radical (unpaired) electrons. The van der Waals surface area contributed by atoms with Crippen molar-refractivity contribution in [2.24, 2.45) is 0 Å². The molecule has 0 aromatic carbocycles. The summed E-state index contributed by atoms with van der Waals surface area (Å²) in [6.45, 7) is 0.869. The zero-order valence-electron chi connectivity index (χ0n) is 6.05. The Hall–Kier alpha value is 0.610. The van der Waals surface area contributed by atoms with E-state index < -0.39 is 0 Å². The number of alkyl halides is 1. The standard InChI is InChI=1S/C5H11NO2.CH3I/c7-3-4-5(8)1-2-6-4;1-2/h4-8H,1-3H2;1H3/t4-,5+;/m1./s1. The van der Waals surface area contributed by atoms with Crippen LogP contribution in [0.15, 0.2) is 0 Å². The van der Waals surface area contributed by atoms with Crippen LogP contribution in [-0.2, 0) is 0 Å². The van der Waals surface area contributed by atoms with Crippen LogP contribution in [0.3, 0.4) is 0 Å². The third kappa shape index (κ3) is 3.14. The quantitative estimate of drug-likeness (QED) is 0.449. The third-order valence-corrected chi connectivity index (χ3v) is 1.51. The van der Waals surface area contributed by atoms with Gasteiger partial charge < -0.3 is 15.5 Å². The highest BCUT2D eigenvalue weighted by Crippen LogP contribution is 2.04. The molecule has 10 heavy (non-hydrogen) atoms. The maximum atomic E-state index is 8.97. The molecule has 1 heterocycles. The van der Waals surface area contributed by atoms with Crippen LogP contribution in [-0.4, -0.2) is 40.4 Å². The number of aliphatic hydroxyl groups excluding tert-OH is 2. The summed E-state index contributed by atoms with van der Waals surface area (Å²) in [5, 5.41) is 20.4. The smallest absolute Gasteiger partial charge is 0.0727 e. The van der Waals surface area contributed by atoms with Crippen molar-refractivity contribution in [2.75, 3.05) is 18.1 Å². The van der Waals surface area contributed by atoms with E-state index in [0.29, 0.717) is 0 Å². The Morgan fingerprint density at radius 1 is 1.60 bits per heavy atom. The van der Waals surface area contributed by atoms with Crippen molar-refractivity contribution in [3.05, 3.63) is 0 Å². The molecule has 0 spiro atoms. The summed E-state index contributed by atoms with van der Waals surface area (Å²) in [4.78, 5) is 1.97. The van der Waals surface area contributed by atoms with E-state index in [1.54, 1.807) is 0 Å². The van der Waals surface area contributed by atoms with Crippen molar-refractivity contribution in [1.29, 1.82) is 0 Å². The molecule has 1 rings (SSSR count). The van der Waals surface area contributed by atoms with Gasteiger partial charge in [-0.2, -0.15) is 0 Å². The van der Waals surface area contributed by atoms with Crippen molar-refractivity contribution < 1.29 is 10.2 Å². The van der Waals surface area contributed by atoms with Crippen LogP contribution in [0.1, 0.15) is 6.42 Å². The Labute approximate surface area is 75.0 Å². The van der Waals surface area contributed by atoms with Gasteiger partial charge in [0.05, 0.1) is 18.8 Å². The van der Waals surface area contributed by atoms with Crippen molar-refractivity contribution in [2.45, 2.75) is 18.6 Å². The fourth-order valence-corrected chi connectivity index (χ4v) is 0.940. The molecule has 0 bridgehead atoms. The van der Waals surface area contributed by atoms with E-state index in [0.717, 1.165) is 13.0 Å². The van der Waals surface area contributed by atoms with E-state index in [9.17, 15) is 0 Å². The fraction of sp³-hybridized carbons (Fsp3) is 1.00. The maximum absolute atomic E-state index is 8.97. The number of hydrogen-bond donors (Lipinski definition) is 3. The predicted octanol–water partition coefficient (Wildman–Crippen LogP) is -0.247. The number of rotatable bonds is 1. The monoisotopic (exact) mass is 259 g/mol. The number of nitrogens with one attached hydrogen (secondary N) is 1. The first-order valence-electron chi connectivity index (χ1n) is 3.24. The van der Waals surface area contributed by atoms with Crippen LogP contribution in [0.5, 0.6) is 0 Å². The van der Waals surface area contributed by atoms with Crippen molar-refractivity contribution >= 4 is 22.6 Å². The lowest BCUT2D eigenvalue weighted by Crippen LogP contribution is -2.33. The molecule has 1 fully saturated rings. The van der Waals surface area contributed by atoms with Gasteiger partial charge in [-0.15, -0.1) is 0 Å². The highest BCUT2D eigenvalue weighted by Gasteiger charge is 2.22. The minimum absolute atomic E-state index is 0.0428. The molecule has 3 N–H and O–H groups in total. The van der Waals surface area contributed by atoms with E-state index >= 15 is 0 Å². The summed E-state index contributed by atoms with van der Waals surface area (Å²) in [6.07, 6.45) is 0.436. The molecule has 0 aromatic heterocycles.